The Hall–Kier alpha value is -1.07. The molecule has 0 saturated carbocycles. The summed E-state index contributed by atoms with van der Waals surface area (Å²) >= 11 is 0. The second kappa shape index (κ2) is 4.97. The third kappa shape index (κ3) is 2.71. The van der Waals surface area contributed by atoms with Gasteiger partial charge in [0.05, 0.1) is 12.7 Å². The molecule has 1 aromatic carbocycles. The van der Waals surface area contributed by atoms with Gasteiger partial charge in [0, 0.05) is 6.54 Å². The number of halogens is 3. The molecule has 0 aliphatic carbocycles. The number of alkyl halides is 2. The van der Waals surface area contributed by atoms with Crippen molar-refractivity contribution in [1.29, 1.82) is 0 Å². The predicted octanol–water partition coefficient (Wildman–Crippen LogP) is 2.41. The zero-order valence-corrected chi connectivity index (χ0v) is 7.56. The Labute approximate surface area is 79.6 Å². The fourth-order valence-corrected chi connectivity index (χ4v) is 1.01. The van der Waals surface area contributed by atoms with Crippen LogP contribution in [0, 0.1) is 5.82 Å². The summed E-state index contributed by atoms with van der Waals surface area (Å²) in [4.78, 5) is 4.54. The average molecular weight is 205 g/mol. The van der Waals surface area contributed by atoms with Crippen LogP contribution in [0.1, 0.15) is 17.6 Å². The molecular weight excluding hydrogens is 195 g/mol. The zero-order chi connectivity index (χ0) is 10.6. The lowest BCUT2D eigenvalue weighted by Crippen LogP contribution is -2.11. The molecule has 1 N–H and O–H groups in total. The Morgan fingerprint density at radius 3 is 2.64 bits per heavy atom. The third-order valence-electron chi connectivity index (χ3n) is 1.72. The molecule has 0 aliphatic heterocycles. The van der Waals surface area contributed by atoms with Crippen LogP contribution in [0.5, 0.6) is 0 Å². The van der Waals surface area contributed by atoms with Crippen LogP contribution in [0.4, 0.5) is 13.2 Å². The van der Waals surface area contributed by atoms with Crippen molar-refractivity contribution in [3.63, 3.8) is 0 Å². The maximum absolute atomic E-state index is 13.0. The molecule has 5 heteroatoms. The molecule has 0 atom stereocenters. The summed E-state index contributed by atoms with van der Waals surface area (Å²) in [5.41, 5.74) is 2.46. The minimum Gasteiger partial charge on any atom is -0.305 e. The Morgan fingerprint density at radius 1 is 1.43 bits per heavy atom. The molecule has 1 rings (SSSR count). The van der Waals surface area contributed by atoms with E-state index in [2.05, 4.69) is 10.3 Å². The standard InChI is InChI=1S/C9H10F3NO/c1-14-13-5-6-2-3-7(9(11)12)8(10)4-6/h2-4,9,13H,5H2,1H3. The minimum absolute atomic E-state index is 0.275. The summed E-state index contributed by atoms with van der Waals surface area (Å²) in [6, 6.07) is 3.57. The molecule has 0 amide bonds. The highest BCUT2D eigenvalue weighted by molar-refractivity contribution is 5.25. The molecule has 0 fully saturated rings. The first kappa shape index (κ1) is 11.0. The van der Waals surface area contributed by atoms with Crippen molar-refractivity contribution in [1.82, 2.24) is 5.48 Å². The number of benzene rings is 1. The molecule has 14 heavy (non-hydrogen) atoms. The van der Waals surface area contributed by atoms with Crippen LogP contribution in [-0.4, -0.2) is 7.11 Å². The number of rotatable bonds is 4. The average Bonchev–Trinajstić information content (AvgIpc) is 2.14. The summed E-state index contributed by atoms with van der Waals surface area (Å²) in [5, 5.41) is 0. The van der Waals surface area contributed by atoms with E-state index in [1.54, 1.807) is 0 Å². The molecule has 0 saturated heterocycles. The highest BCUT2D eigenvalue weighted by Crippen LogP contribution is 2.22. The molecule has 0 aromatic heterocycles. The molecule has 0 aliphatic rings. The van der Waals surface area contributed by atoms with Gasteiger partial charge in [-0.2, -0.15) is 5.48 Å². The van der Waals surface area contributed by atoms with Gasteiger partial charge < -0.3 is 4.84 Å². The molecule has 0 bridgehead atoms. The number of hydrogen-bond donors (Lipinski definition) is 1. The van der Waals surface area contributed by atoms with Crippen LogP contribution in [0.3, 0.4) is 0 Å². The van der Waals surface area contributed by atoms with Crippen molar-refractivity contribution in [2.75, 3.05) is 7.11 Å². The highest BCUT2D eigenvalue weighted by Gasteiger charge is 2.12. The van der Waals surface area contributed by atoms with E-state index in [-0.39, 0.29) is 6.54 Å². The monoisotopic (exact) mass is 205 g/mol. The summed E-state index contributed by atoms with van der Waals surface area (Å²) in [6.07, 6.45) is -2.78. The van der Waals surface area contributed by atoms with Crippen LogP contribution in [0.2, 0.25) is 0 Å². The first-order valence-electron chi connectivity index (χ1n) is 3.97. The normalized spacial score (nSPS) is 10.9. The lowest BCUT2D eigenvalue weighted by molar-refractivity contribution is 0.0866. The van der Waals surface area contributed by atoms with Gasteiger partial charge in [0.25, 0.3) is 6.43 Å². The first-order chi connectivity index (χ1) is 6.65. The van der Waals surface area contributed by atoms with Gasteiger partial charge in [0.15, 0.2) is 0 Å². The molecule has 0 spiro atoms. The summed E-state index contributed by atoms with van der Waals surface area (Å²) in [6.45, 7) is 0.275. The van der Waals surface area contributed by atoms with Crippen LogP contribution in [0.15, 0.2) is 18.2 Å². The third-order valence-corrected chi connectivity index (χ3v) is 1.72. The van der Waals surface area contributed by atoms with Gasteiger partial charge in [-0.05, 0) is 11.6 Å². The van der Waals surface area contributed by atoms with Crippen molar-refractivity contribution in [2.45, 2.75) is 13.0 Å². The fourth-order valence-electron chi connectivity index (χ4n) is 1.01. The van der Waals surface area contributed by atoms with E-state index >= 15 is 0 Å². The Kier molecular flexibility index (Phi) is 3.91. The van der Waals surface area contributed by atoms with Crippen molar-refractivity contribution in [2.24, 2.45) is 0 Å². The van der Waals surface area contributed by atoms with Gasteiger partial charge in [-0.15, -0.1) is 0 Å². The van der Waals surface area contributed by atoms with Crippen molar-refractivity contribution >= 4 is 0 Å². The van der Waals surface area contributed by atoms with Crippen molar-refractivity contribution in [3.05, 3.63) is 35.1 Å². The zero-order valence-electron chi connectivity index (χ0n) is 7.56. The van der Waals surface area contributed by atoms with E-state index in [0.717, 1.165) is 12.1 Å². The Morgan fingerprint density at radius 2 is 2.14 bits per heavy atom. The molecule has 0 radical (unpaired) electrons. The van der Waals surface area contributed by atoms with Gasteiger partial charge in [-0.1, -0.05) is 12.1 Å². The van der Waals surface area contributed by atoms with E-state index in [0.29, 0.717) is 5.56 Å². The predicted molar refractivity (Wildman–Crippen MR) is 45.2 cm³/mol. The van der Waals surface area contributed by atoms with E-state index in [9.17, 15) is 13.2 Å². The van der Waals surface area contributed by atoms with Crippen LogP contribution in [0.25, 0.3) is 0 Å². The SMILES string of the molecule is CONCc1ccc(C(F)F)c(F)c1. The first-order valence-corrected chi connectivity index (χ1v) is 3.97. The van der Waals surface area contributed by atoms with Gasteiger partial charge in [0.2, 0.25) is 0 Å². The van der Waals surface area contributed by atoms with E-state index < -0.39 is 17.8 Å². The molecule has 0 heterocycles. The van der Waals surface area contributed by atoms with E-state index in [1.165, 1.54) is 13.2 Å². The quantitative estimate of drug-likeness (QED) is 0.762. The largest absolute Gasteiger partial charge is 0.305 e. The topological polar surface area (TPSA) is 21.3 Å². The van der Waals surface area contributed by atoms with Gasteiger partial charge in [0.1, 0.15) is 5.82 Å². The van der Waals surface area contributed by atoms with E-state index in [4.69, 9.17) is 0 Å². The second-order valence-corrected chi connectivity index (χ2v) is 2.68. The summed E-state index contributed by atoms with van der Waals surface area (Å²) in [7, 11) is 1.42. The van der Waals surface area contributed by atoms with Gasteiger partial charge in [-0.25, -0.2) is 13.2 Å². The smallest absolute Gasteiger partial charge is 0.266 e. The molecule has 1 aromatic rings. The molecule has 2 nitrogen and oxygen atoms in total. The molecular formula is C9H10F3NO. The Bertz CT molecular complexity index is 304. The van der Waals surface area contributed by atoms with Crippen molar-refractivity contribution < 1.29 is 18.0 Å². The van der Waals surface area contributed by atoms with Crippen LogP contribution < -0.4 is 5.48 Å². The lowest BCUT2D eigenvalue weighted by atomic mass is 10.1. The fraction of sp³-hybridized carbons (Fsp3) is 0.333. The number of nitrogens with one attached hydrogen (secondary N) is 1. The second-order valence-electron chi connectivity index (χ2n) is 2.68. The summed E-state index contributed by atoms with van der Waals surface area (Å²) < 4.78 is 37.2. The van der Waals surface area contributed by atoms with E-state index in [1.807, 2.05) is 0 Å². The molecule has 78 valence electrons. The maximum atomic E-state index is 13.0. The van der Waals surface area contributed by atoms with Gasteiger partial charge in [-0.3, -0.25) is 0 Å². The van der Waals surface area contributed by atoms with Crippen LogP contribution >= 0.6 is 0 Å². The lowest BCUT2D eigenvalue weighted by Gasteiger charge is -2.05. The number of hydroxylamine groups is 1. The Balaban J connectivity index is 2.78. The van der Waals surface area contributed by atoms with Gasteiger partial charge >= 0.3 is 0 Å². The number of hydrogen-bond acceptors (Lipinski definition) is 2. The minimum atomic E-state index is -2.78. The van der Waals surface area contributed by atoms with Crippen molar-refractivity contribution in [3.8, 4) is 0 Å². The highest BCUT2D eigenvalue weighted by atomic mass is 19.3. The van der Waals surface area contributed by atoms with Crippen LogP contribution in [-0.2, 0) is 11.4 Å². The molecule has 0 unspecified atom stereocenters. The maximum Gasteiger partial charge on any atom is 0.266 e. The summed E-state index contributed by atoms with van der Waals surface area (Å²) in [5.74, 6) is -0.893.